The summed E-state index contributed by atoms with van der Waals surface area (Å²) < 4.78 is 10.1. The third-order valence-corrected chi connectivity index (χ3v) is 5.34. The standard InChI is InChI=1S/C18H28N4O4/c1-25-11-8-15-20-16(26-21-15)12-19-17(23)13-6-9-22(10-7-13)18(24)14-4-2-3-5-14/h13-14H,2-12H2,1H3,(H,19,23). The van der Waals surface area contributed by atoms with Crippen molar-refractivity contribution in [2.45, 2.75) is 51.5 Å². The fraction of sp³-hybridized carbons (Fsp3) is 0.778. The molecule has 0 atom stereocenters. The molecule has 1 saturated heterocycles. The number of hydrogen-bond acceptors (Lipinski definition) is 6. The number of hydrogen-bond donors (Lipinski definition) is 1. The van der Waals surface area contributed by atoms with Crippen molar-refractivity contribution in [1.82, 2.24) is 20.4 Å². The molecule has 1 N–H and O–H groups in total. The molecular formula is C18H28N4O4. The average Bonchev–Trinajstić information content (AvgIpc) is 3.36. The minimum Gasteiger partial charge on any atom is -0.384 e. The van der Waals surface area contributed by atoms with Gasteiger partial charge >= 0.3 is 0 Å². The van der Waals surface area contributed by atoms with Crippen LogP contribution < -0.4 is 5.32 Å². The summed E-state index contributed by atoms with van der Waals surface area (Å²) in [6, 6.07) is 0. The number of likely N-dealkylation sites (tertiary alicyclic amines) is 1. The monoisotopic (exact) mass is 364 g/mol. The van der Waals surface area contributed by atoms with Gasteiger partial charge in [-0.3, -0.25) is 9.59 Å². The smallest absolute Gasteiger partial charge is 0.246 e. The number of piperidine rings is 1. The minimum atomic E-state index is -0.0569. The number of ether oxygens (including phenoxy) is 1. The third kappa shape index (κ3) is 4.81. The minimum absolute atomic E-state index is 0.00499. The van der Waals surface area contributed by atoms with Crippen LogP contribution in [0.2, 0.25) is 0 Å². The molecule has 2 aliphatic rings. The molecule has 2 amide bonds. The van der Waals surface area contributed by atoms with E-state index in [2.05, 4.69) is 15.5 Å². The van der Waals surface area contributed by atoms with Gasteiger partial charge in [-0.15, -0.1) is 0 Å². The van der Waals surface area contributed by atoms with Crippen molar-refractivity contribution in [1.29, 1.82) is 0 Å². The van der Waals surface area contributed by atoms with E-state index < -0.39 is 0 Å². The second-order valence-electron chi connectivity index (χ2n) is 7.15. The Morgan fingerprint density at radius 2 is 1.92 bits per heavy atom. The van der Waals surface area contributed by atoms with E-state index in [9.17, 15) is 9.59 Å². The van der Waals surface area contributed by atoms with Crippen LogP contribution in [0.4, 0.5) is 0 Å². The topological polar surface area (TPSA) is 97.6 Å². The highest BCUT2D eigenvalue weighted by Crippen LogP contribution is 2.28. The molecule has 2 fully saturated rings. The molecule has 0 spiro atoms. The number of rotatable bonds is 7. The molecule has 0 unspecified atom stereocenters. The van der Waals surface area contributed by atoms with E-state index >= 15 is 0 Å². The molecule has 26 heavy (non-hydrogen) atoms. The van der Waals surface area contributed by atoms with Gasteiger partial charge in [-0.05, 0) is 25.7 Å². The lowest BCUT2D eigenvalue weighted by atomic mass is 9.94. The summed E-state index contributed by atoms with van der Waals surface area (Å²) in [7, 11) is 1.62. The average molecular weight is 364 g/mol. The quantitative estimate of drug-likeness (QED) is 0.783. The number of amides is 2. The van der Waals surface area contributed by atoms with E-state index in [-0.39, 0.29) is 30.2 Å². The van der Waals surface area contributed by atoms with Gasteiger partial charge < -0.3 is 19.5 Å². The molecule has 1 aliphatic heterocycles. The van der Waals surface area contributed by atoms with Crippen LogP contribution in [0, 0.1) is 11.8 Å². The van der Waals surface area contributed by atoms with E-state index in [1.807, 2.05) is 4.90 Å². The maximum atomic E-state index is 12.5. The van der Waals surface area contributed by atoms with E-state index in [0.717, 1.165) is 25.7 Å². The van der Waals surface area contributed by atoms with Crippen LogP contribution >= 0.6 is 0 Å². The Balaban J connectivity index is 1.39. The Labute approximate surface area is 153 Å². The van der Waals surface area contributed by atoms with Gasteiger partial charge in [0, 0.05) is 38.5 Å². The highest BCUT2D eigenvalue weighted by atomic mass is 16.5. The summed E-state index contributed by atoms with van der Waals surface area (Å²) in [4.78, 5) is 31.0. The zero-order chi connectivity index (χ0) is 18.4. The summed E-state index contributed by atoms with van der Waals surface area (Å²) in [5, 5.41) is 6.72. The van der Waals surface area contributed by atoms with Gasteiger partial charge in [0.1, 0.15) is 0 Å². The molecule has 1 aromatic rings. The maximum absolute atomic E-state index is 12.5. The largest absolute Gasteiger partial charge is 0.384 e. The summed E-state index contributed by atoms with van der Waals surface area (Å²) >= 11 is 0. The third-order valence-electron chi connectivity index (χ3n) is 5.34. The Hall–Kier alpha value is -1.96. The fourth-order valence-electron chi connectivity index (χ4n) is 3.76. The van der Waals surface area contributed by atoms with Crippen molar-refractivity contribution in [3.63, 3.8) is 0 Å². The molecule has 1 saturated carbocycles. The molecule has 0 radical (unpaired) electrons. The molecule has 2 heterocycles. The predicted octanol–water partition coefficient (Wildman–Crippen LogP) is 1.30. The number of nitrogens with one attached hydrogen (secondary N) is 1. The Bertz CT molecular complexity index is 604. The predicted molar refractivity (Wildman–Crippen MR) is 93.0 cm³/mol. The lowest BCUT2D eigenvalue weighted by Gasteiger charge is -2.33. The number of carbonyl (C=O) groups excluding carboxylic acids is 2. The highest BCUT2D eigenvalue weighted by Gasteiger charge is 2.32. The van der Waals surface area contributed by atoms with E-state index in [1.165, 1.54) is 0 Å². The Kier molecular flexibility index (Phi) is 6.60. The first kappa shape index (κ1) is 18.8. The lowest BCUT2D eigenvalue weighted by Crippen LogP contribution is -2.44. The summed E-state index contributed by atoms with van der Waals surface area (Å²) in [6.45, 7) is 2.12. The van der Waals surface area contributed by atoms with Gasteiger partial charge in [0.2, 0.25) is 17.7 Å². The molecular weight excluding hydrogens is 336 g/mol. The molecule has 1 aliphatic carbocycles. The van der Waals surface area contributed by atoms with Gasteiger partial charge in [0.25, 0.3) is 0 Å². The van der Waals surface area contributed by atoms with Crippen LogP contribution in [-0.2, 0) is 27.3 Å². The van der Waals surface area contributed by atoms with Crippen molar-refractivity contribution in [3.8, 4) is 0 Å². The zero-order valence-electron chi connectivity index (χ0n) is 15.4. The van der Waals surface area contributed by atoms with Crippen LogP contribution in [0.3, 0.4) is 0 Å². The number of nitrogens with zero attached hydrogens (tertiary/aromatic N) is 3. The van der Waals surface area contributed by atoms with Gasteiger partial charge in [0.15, 0.2) is 5.82 Å². The molecule has 0 bridgehead atoms. The lowest BCUT2D eigenvalue weighted by molar-refractivity contribution is -0.139. The first-order valence-corrected chi connectivity index (χ1v) is 9.54. The SMILES string of the molecule is COCCc1noc(CNC(=O)C2CCN(C(=O)C3CCCC3)CC2)n1. The molecule has 1 aromatic heterocycles. The normalized spacial score (nSPS) is 19.0. The molecule has 8 nitrogen and oxygen atoms in total. The van der Waals surface area contributed by atoms with Crippen molar-refractivity contribution in [2.24, 2.45) is 11.8 Å². The molecule has 8 heteroatoms. The number of carbonyl (C=O) groups is 2. The fourth-order valence-corrected chi connectivity index (χ4v) is 3.76. The van der Waals surface area contributed by atoms with Crippen LogP contribution in [0.1, 0.15) is 50.2 Å². The van der Waals surface area contributed by atoms with Crippen molar-refractivity contribution >= 4 is 11.8 Å². The second kappa shape index (κ2) is 9.12. The van der Waals surface area contributed by atoms with E-state index in [4.69, 9.17) is 9.26 Å². The molecule has 144 valence electrons. The van der Waals surface area contributed by atoms with Crippen molar-refractivity contribution < 1.29 is 18.8 Å². The van der Waals surface area contributed by atoms with Gasteiger partial charge in [-0.25, -0.2) is 0 Å². The summed E-state index contributed by atoms with van der Waals surface area (Å²) in [5.41, 5.74) is 0. The van der Waals surface area contributed by atoms with Gasteiger partial charge in [0.05, 0.1) is 13.2 Å². The summed E-state index contributed by atoms with van der Waals surface area (Å²) in [6.07, 6.45) is 6.39. The molecule has 0 aromatic carbocycles. The van der Waals surface area contributed by atoms with E-state index in [1.54, 1.807) is 7.11 Å². The summed E-state index contributed by atoms with van der Waals surface area (Å²) in [5.74, 6) is 1.42. The zero-order valence-corrected chi connectivity index (χ0v) is 15.4. The Morgan fingerprint density at radius 1 is 1.19 bits per heavy atom. The van der Waals surface area contributed by atoms with Crippen LogP contribution in [0.5, 0.6) is 0 Å². The van der Waals surface area contributed by atoms with Crippen molar-refractivity contribution in [3.05, 3.63) is 11.7 Å². The van der Waals surface area contributed by atoms with Crippen LogP contribution in [0.25, 0.3) is 0 Å². The van der Waals surface area contributed by atoms with E-state index in [0.29, 0.717) is 50.7 Å². The van der Waals surface area contributed by atoms with Crippen LogP contribution in [0.15, 0.2) is 4.52 Å². The second-order valence-corrected chi connectivity index (χ2v) is 7.15. The number of aromatic nitrogens is 2. The number of methoxy groups -OCH3 is 1. The first-order valence-electron chi connectivity index (χ1n) is 9.54. The van der Waals surface area contributed by atoms with Crippen LogP contribution in [-0.4, -0.2) is 53.7 Å². The van der Waals surface area contributed by atoms with Gasteiger partial charge in [-0.1, -0.05) is 18.0 Å². The maximum Gasteiger partial charge on any atom is 0.246 e. The Morgan fingerprint density at radius 3 is 2.62 bits per heavy atom. The van der Waals surface area contributed by atoms with Crippen molar-refractivity contribution in [2.75, 3.05) is 26.8 Å². The van der Waals surface area contributed by atoms with Gasteiger partial charge in [-0.2, -0.15) is 4.98 Å². The first-order chi connectivity index (χ1) is 12.7. The molecule has 3 rings (SSSR count). The highest BCUT2D eigenvalue weighted by molar-refractivity contribution is 5.81.